The summed E-state index contributed by atoms with van der Waals surface area (Å²) in [5, 5.41) is 18.0. The molecule has 40 heavy (non-hydrogen) atoms. The molecule has 1 amide bonds. The maximum Gasteiger partial charge on any atom is 0.318 e. The molecule has 206 valence electrons. The van der Waals surface area contributed by atoms with E-state index in [1.165, 1.54) is 0 Å². The summed E-state index contributed by atoms with van der Waals surface area (Å²) in [4.78, 5) is 38.0. The van der Waals surface area contributed by atoms with E-state index in [4.69, 9.17) is 31.1 Å². The van der Waals surface area contributed by atoms with E-state index in [0.29, 0.717) is 84.9 Å². The van der Waals surface area contributed by atoms with E-state index >= 15 is 0 Å². The van der Waals surface area contributed by atoms with E-state index < -0.39 is 5.97 Å². The molecule has 0 unspecified atom stereocenters. The molecule has 1 aliphatic carbocycles. The summed E-state index contributed by atoms with van der Waals surface area (Å²) in [6.45, 7) is 2.34. The Hall–Kier alpha value is -4.05. The first-order chi connectivity index (χ1) is 19.4. The Bertz CT molecular complexity index is 1540. The average Bonchev–Trinajstić information content (AvgIpc) is 3.71. The van der Waals surface area contributed by atoms with Gasteiger partial charge >= 0.3 is 12.0 Å². The summed E-state index contributed by atoms with van der Waals surface area (Å²) in [6.07, 6.45) is 4.11. The van der Waals surface area contributed by atoms with Crippen molar-refractivity contribution < 1.29 is 19.1 Å². The molecule has 10 nitrogen and oxygen atoms in total. The number of carboxylic acid groups (broad SMARTS) is 1. The van der Waals surface area contributed by atoms with E-state index in [1.54, 1.807) is 12.1 Å². The van der Waals surface area contributed by atoms with Gasteiger partial charge in [0, 0.05) is 54.7 Å². The topological polar surface area (TPSA) is 126 Å². The molecule has 1 aliphatic heterocycles. The van der Waals surface area contributed by atoms with Crippen LogP contribution >= 0.6 is 11.6 Å². The summed E-state index contributed by atoms with van der Waals surface area (Å²) >= 11 is 6.09. The van der Waals surface area contributed by atoms with Crippen LogP contribution in [0.4, 0.5) is 6.01 Å². The Kier molecular flexibility index (Phi) is 7.34. The van der Waals surface area contributed by atoms with Crippen LogP contribution in [0.2, 0.25) is 5.02 Å². The number of aliphatic carboxylic acids is 1. The lowest BCUT2D eigenvalue weighted by molar-refractivity contribution is -0.137. The third-order valence-corrected chi connectivity index (χ3v) is 7.60. The average molecular weight is 561 g/mol. The number of amides is 1. The van der Waals surface area contributed by atoms with Gasteiger partial charge in [-0.3, -0.25) is 9.59 Å². The lowest BCUT2D eigenvalue weighted by Gasteiger charge is -2.33. The number of benzene rings is 2. The number of anilines is 1. The molecule has 0 spiro atoms. The number of piperazine rings is 1. The summed E-state index contributed by atoms with van der Waals surface area (Å²) in [6, 6.07) is 13.4. The summed E-state index contributed by atoms with van der Waals surface area (Å²) < 4.78 is 5.83. The highest BCUT2D eigenvalue weighted by atomic mass is 35.5. The van der Waals surface area contributed by atoms with Crippen molar-refractivity contribution in [3.63, 3.8) is 0 Å². The second kappa shape index (κ2) is 11.2. The number of halogens is 1. The molecule has 1 saturated carbocycles. The Morgan fingerprint density at radius 2 is 1.73 bits per heavy atom. The Labute approximate surface area is 236 Å². The van der Waals surface area contributed by atoms with E-state index in [0.717, 1.165) is 29.8 Å². The molecule has 2 aliphatic rings. The standard InChI is InChI=1S/C29H29ClN6O4/c30-21-10-7-18(8-11-21)26-23(3-1-2-4-25(37)38)31-24-17-20(9-12-22(24)32-26)28(39)35-13-15-36(16-14-35)29-34-33-27(40-29)19-5-6-19/h7-12,17,19H,1-6,13-16H2,(H,37,38). The summed E-state index contributed by atoms with van der Waals surface area (Å²) in [5.74, 6) is 0.253. The molecule has 2 aromatic heterocycles. The predicted molar refractivity (Wildman–Crippen MR) is 150 cm³/mol. The van der Waals surface area contributed by atoms with Gasteiger partial charge in [-0.1, -0.05) is 28.8 Å². The fourth-order valence-corrected chi connectivity index (χ4v) is 5.06. The van der Waals surface area contributed by atoms with Crippen LogP contribution in [0.1, 0.15) is 60.0 Å². The minimum atomic E-state index is -0.813. The van der Waals surface area contributed by atoms with E-state index in [1.807, 2.05) is 40.1 Å². The molecule has 0 atom stereocenters. The second-order valence-corrected chi connectivity index (χ2v) is 10.7. The molecule has 2 fully saturated rings. The van der Waals surface area contributed by atoms with Gasteiger partial charge < -0.3 is 19.3 Å². The number of carbonyl (C=O) groups is 2. The van der Waals surface area contributed by atoms with Crippen LogP contribution in [-0.2, 0) is 11.2 Å². The van der Waals surface area contributed by atoms with Crippen molar-refractivity contribution in [1.82, 2.24) is 25.1 Å². The van der Waals surface area contributed by atoms with Gasteiger partial charge in [0.25, 0.3) is 5.91 Å². The normalized spacial score (nSPS) is 15.5. The molecular weight excluding hydrogens is 532 g/mol. The van der Waals surface area contributed by atoms with Crippen molar-refractivity contribution in [3.05, 3.63) is 64.6 Å². The van der Waals surface area contributed by atoms with E-state index in [9.17, 15) is 9.59 Å². The van der Waals surface area contributed by atoms with Crippen molar-refractivity contribution in [3.8, 4) is 11.3 Å². The molecule has 2 aromatic carbocycles. The first kappa shape index (κ1) is 26.2. The molecule has 4 aromatic rings. The first-order valence-electron chi connectivity index (χ1n) is 13.6. The zero-order chi connectivity index (χ0) is 27.6. The number of nitrogens with zero attached hydrogens (tertiary/aromatic N) is 6. The smallest absolute Gasteiger partial charge is 0.318 e. The Balaban J connectivity index is 1.19. The van der Waals surface area contributed by atoms with Gasteiger partial charge in [-0.2, -0.15) is 0 Å². The predicted octanol–water partition coefficient (Wildman–Crippen LogP) is 4.97. The maximum absolute atomic E-state index is 13.4. The SMILES string of the molecule is O=C(O)CCCCc1nc2cc(C(=O)N3CCN(c4nnc(C5CC5)o4)CC3)ccc2nc1-c1ccc(Cl)cc1. The highest BCUT2D eigenvalue weighted by Gasteiger charge is 2.31. The van der Waals surface area contributed by atoms with E-state index in [-0.39, 0.29) is 12.3 Å². The lowest BCUT2D eigenvalue weighted by atomic mass is 10.0. The molecule has 6 rings (SSSR count). The van der Waals surface area contributed by atoms with Crippen LogP contribution in [0.3, 0.4) is 0 Å². The van der Waals surface area contributed by atoms with Crippen molar-refractivity contribution in [2.45, 2.75) is 44.4 Å². The van der Waals surface area contributed by atoms with Gasteiger partial charge in [-0.15, -0.1) is 5.10 Å². The molecular formula is C29H29ClN6O4. The number of aromatic nitrogens is 4. The van der Waals surface area contributed by atoms with Gasteiger partial charge in [0.15, 0.2) is 0 Å². The number of carbonyl (C=O) groups excluding carboxylic acids is 1. The highest BCUT2D eigenvalue weighted by Crippen LogP contribution is 2.40. The number of fused-ring (bicyclic) bond motifs is 1. The minimum absolute atomic E-state index is 0.0580. The Morgan fingerprint density at radius 1 is 0.950 bits per heavy atom. The van der Waals surface area contributed by atoms with E-state index in [2.05, 4.69) is 10.2 Å². The molecule has 3 heterocycles. The quantitative estimate of drug-likeness (QED) is 0.282. The molecule has 11 heteroatoms. The highest BCUT2D eigenvalue weighted by molar-refractivity contribution is 6.30. The number of hydrogen-bond acceptors (Lipinski definition) is 8. The number of carboxylic acids is 1. The van der Waals surface area contributed by atoms with Crippen molar-refractivity contribution in [1.29, 1.82) is 0 Å². The van der Waals surface area contributed by atoms with Gasteiger partial charge in [-0.05, 0) is 62.4 Å². The zero-order valence-corrected chi connectivity index (χ0v) is 22.7. The second-order valence-electron chi connectivity index (χ2n) is 10.3. The minimum Gasteiger partial charge on any atom is -0.481 e. The lowest BCUT2D eigenvalue weighted by Crippen LogP contribution is -2.49. The van der Waals surface area contributed by atoms with Crippen LogP contribution < -0.4 is 4.90 Å². The van der Waals surface area contributed by atoms with Crippen LogP contribution in [0, 0.1) is 0 Å². The third kappa shape index (κ3) is 5.77. The summed E-state index contributed by atoms with van der Waals surface area (Å²) in [5.41, 5.74) is 4.26. The van der Waals surface area contributed by atoms with Crippen molar-refractivity contribution in [2.75, 3.05) is 31.1 Å². The number of rotatable bonds is 9. The fourth-order valence-electron chi connectivity index (χ4n) is 4.94. The van der Waals surface area contributed by atoms with Crippen molar-refractivity contribution in [2.24, 2.45) is 0 Å². The molecule has 0 radical (unpaired) electrons. The maximum atomic E-state index is 13.4. The first-order valence-corrected chi connectivity index (χ1v) is 14.0. The fraction of sp³-hybridized carbons (Fsp3) is 0.379. The zero-order valence-electron chi connectivity index (χ0n) is 21.9. The van der Waals surface area contributed by atoms with Gasteiger partial charge in [-0.25, -0.2) is 9.97 Å². The molecule has 1 N–H and O–H groups in total. The Morgan fingerprint density at radius 3 is 2.45 bits per heavy atom. The van der Waals surface area contributed by atoms with Crippen LogP contribution in [0.15, 0.2) is 46.9 Å². The van der Waals surface area contributed by atoms with Gasteiger partial charge in [0.2, 0.25) is 5.89 Å². The van der Waals surface area contributed by atoms with Crippen LogP contribution in [-0.4, -0.2) is 68.2 Å². The number of aryl methyl sites for hydroxylation is 1. The summed E-state index contributed by atoms with van der Waals surface area (Å²) in [7, 11) is 0. The molecule has 1 saturated heterocycles. The molecule has 0 bridgehead atoms. The monoisotopic (exact) mass is 560 g/mol. The number of hydrogen-bond donors (Lipinski definition) is 1. The van der Waals surface area contributed by atoms with Gasteiger partial charge in [0.1, 0.15) is 0 Å². The van der Waals surface area contributed by atoms with Crippen molar-refractivity contribution >= 4 is 40.5 Å². The van der Waals surface area contributed by atoms with Crippen LogP contribution in [0.5, 0.6) is 0 Å². The van der Waals surface area contributed by atoms with Crippen LogP contribution in [0.25, 0.3) is 22.3 Å². The third-order valence-electron chi connectivity index (χ3n) is 7.35. The van der Waals surface area contributed by atoms with Gasteiger partial charge in [0.05, 0.1) is 22.4 Å². The largest absolute Gasteiger partial charge is 0.481 e. The number of unbranched alkanes of at least 4 members (excludes halogenated alkanes) is 1.